The Bertz CT molecular complexity index is 1290. The number of nitrogens with zero attached hydrogens (tertiary/aromatic N) is 4. The fraction of sp³-hybridized carbons (Fsp3) is 0.100. The summed E-state index contributed by atoms with van der Waals surface area (Å²) in [5.41, 5.74) is 2.05. The van der Waals surface area contributed by atoms with Crippen LogP contribution in [0, 0.1) is 0 Å². The van der Waals surface area contributed by atoms with Crippen molar-refractivity contribution in [3.05, 3.63) is 70.6 Å². The number of hydrogen-bond acceptors (Lipinski definition) is 7. The summed E-state index contributed by atoms with van der Waals surface area (Å²) < 4.78 is 12.4. The van der Waals surface area contributed by atoms with Crippen LogP contribution in [0.2, 0.25) is 0 Å². The second-order valence-corrected chi connectivity index (χ2v) is 7.11. The summed E-state index contributed by atoms with van der Waals surface area (Å²) in [6, 6.07) is 16.8. The van der Waals surface area contributed by atoms with Gasteiger partial charge < -0.3 is 9.15 Å². The molecule has 0 bridgehead atoms. The van der Waals surface area contributed by atoms with E-state index in [0.717, 1.165) is 16.7 Å². The van der Waals surface area contributed by atoms with Crippen LogP contribution in [-0.4, -0.2) is 33.4 Å². The van der Waals surface area contributed by atoms with Gasteiger partial charge in [0.1, 0.15) is 11.3 Å². The van der Waals surface area contributed by atoms with Gasteiger partial charge in [-0.1, -0.05) is 42.1 Å². The highest BCUT2D eigenvalue weighted by molar-refractivity contribution is 7.99. The maximum absolute atomic E-state index is 12.5. The zero-order valence-electron chi connectivity index (χ0n) is 14.8. The summed E-state index contributed by atoms with van der Waals surface area (Å²) in [5.74, 6) is 1.82. The lowest BCUT2D eigenvalue weighted by Crippen LogP contribution is -2.20. The predicted molar refractivity (Wildman–Crippen MR) is 107 cm³/mol. The van der Waals surface area contributed by atoms with Gasteiger partial charge in [0.05, 0.1) is 18.4 Å². The van der Waals surface area contributed by atoms with E-state index in [-0.39, 0.29) is 0 Å². The van der Waals surface area contributed by atoms with Gasteiger partial charge in [-0.2, -0.15) is 9.78 Å². The number of ether oxygens (including phenoxy) is 1. The molecule has 8 heteroatoms. The zero-order chi connectivity index (χ0) is 19.1. The standard InChI is InChI=1S/C20H14N4O3S/c1-26-14-7-4-6-13(9-14)18-21-22-20-24(18)23-16(11-28-20)15-10-12-5-2-3-8-17(12)27-19(15)25/h2-10H,11H2,1H3. The monoisotopic (exact) mass is 390 g/mol. The third kappa shape index (κ3) is 2.78. The molecule has 1 aliphatic rings. The SMILES string of the molecule is COc1cccc(-c2nnc3n2N=C(c2cc4ccccc4oc2=O)CS3)c1. The van der Waals surface area contributed by atoms with Crippen molar-refractivity contribution < 1.29 is 9.15 Å². The number of methoxy groups -OCH3 is 1. The first kappa shape index (κ1) is 16.8. The average Bonchev–Trinajstić information content (AvgIpc) is 3.16. The van der Waals surface area contributed by atoms with Crippen LogP contribution in [0.5, 0.6) is 5.75 Å². The first-order valence-corrected chi connectivity index (χ1v) is 9.55. The van der Waals surface area contributed by atoms with Crippen molar-refractivity contribution in [2.24, 2.45) is 5.10 Å². The van der Waals surface area contributed by atoms with E-state index in [0.29, 0.717) is 33.6 Å². The molecular weight excluding hydrogens is 376 g/mol. The molecule has 0 atom stereocenters. The van der Waals surface area contributed by atoms with Crippen molar-refractivity contribution >= 4 is 28.4 Å². The quantitative estimate of drug-likeness (QED) is 0.499. The van der Waals surface area contributed by atoms with Gasteiger partial charge in [-0.3, -0.25) is 0 Å². The van der Waals surface area contributed by atoms with Crippen LogP contribution in [0.3, 0.4) is 0 Å². The maximum atomic E-state index is 12.5. The van der Waals surface area contributed by atoms with Crippen molar-refractivity contribution in [1.29, 1.82) is 0 Å². The van der Waals surface area contributed by atoms with Crippen LogP contribution in [0.25, 0.3) is 22.4 Å². The van der Waals surface area contributed by atoms with Gasteiger partial charge in [0.2, 0.25) is 5.16 Å². The van der Waals surface area contributed by atoms with Crippen LogP contribution < -0.4 is 10.4 Å². The molecule has 0 fully saturated rings. The van der Waals surface area contributed by atoms with Crippen molar-refractivity contribution in [3.8, 4) is 17.1 Å². The molecule has 7 nitrogen and oxygen atoms in total. The first-order chi connectivity index (χ1) is 13.7. The number of hydrogen-bond donors (Lipinski definition) is 0. The Morgan fingerprint density at radius 2 is 2.00 bits per heavy atom. The predicted octanol–water partition coefficient (Wildman–Crippen LogP) is 3.42. The molecule has 3 heterocycles. The van der Waals surface area contributed by atoms with Crippen molar-refractivity contribution in [3.63, 3.8) is 0 Å². The smallest absolute Gasteiger partial charge is 0.345 e. The number of aromatic nitrogens is 3. The van der Waals surface area contributed by atoms with E-state index in [4.69, 9.17) is 9.15 Å². The molecule has 28 heavy (non-hydrogen) atoms. The highest BCUT2D eigenvalue weighted by atomic mass is 32.2. The van der Waals surface area contributed by atoms with Gasteiger partial charge >= 0.3 is 5.63 Å². The summed E-state index contributed by atoms with van der Waals surface area (Å²) in [6.07, 6.45) is 0. The normalized spacial score (nSPS) is 13.2. The van der Waals surface area contributed by atoms with E-state index in [9.17, 15) is 4.79 Å². The van der Waals surface area contributed by atoms with Crippen LogP contribution >= 0.6 is 11.8 Å². The minimum atomic E-state index is -0.405. The molecule has 0 saturated carbocycles. The lowest BCUT2D eigenvalue weighted by atomic mass is 10.1. The Morgan fingerprint density at radius 3 is 2.89 bits per heavy atom. The summed E-state index contributed by atoms with van der Waals surface area (Å²) in [6.45, 7) is 0. The fourth-order valence-corrected chi connectivity index (χ4v) is 3.89. The lowest BCUT2D eigenvalue weighted by molar-refractivity contribution is 0.415. The van der Waals surface area contributed by atoms with Crippen LogP contribution in [-0.2, 0) is 0 Å². The summed E-state index contributed by atoms with van der Waals surface area (Å²) in [5, 5.41) is 14.7. The second-order valence-electron chi connectivity index (χ2n) is 6.17. The average molecular weight is 390 g/mol. The van der Waals surface area contributed by atoms with Gasteiger partial charge in [0, 0.05) is 16.7 Å². The Hall–Kier alpha value is -3.39. The van der Waals surface area contributed by atoms with Gasteiger partial charge in [0.15, 0.2) is 5.82 Å². The highest BCUT2D eigenvalue weighted by Gasteiger charge is 2.23. The molecule has 5 rings (SSSR count). The van der Waals surface area contributed by atoms with Gasteiger partial charge in [0.25, 0.3) is 0 Å². The number of benzene rings is 2. The molecule has 2 aromatic heterocycles. The number of thioether (sulfide) groups is 1. The van der Waals surface area contributed by atoms with Crippen LogP contribution in [0.1, 0.15) is 5.56 Å². The largest absolute Gasteiger partial charge is 0.497 e. The van der Waals surface area contributed by atoms with Crippen molar-refractivity contribution in [1.82, 2.24) is 14.9 Å². The number of rotatable bonds is 3. The summed E-state index contributed by atoms with van der Waals surface area (Å²) in [7, 11) is 1.61. The molecule has 0 unspecified atom stereocenters. The van der Waals surface area contributed by atoms with E-state index in [1.54, 1.807) is 17.9 Å². The Kier molecular flexibility index (Phi) is 3.98. The van der Waals surface area contributed by atoms with Crippen molar-refractivity contribution in [2.75, 3.05) is 12.9 Å². The third-order valence-electron chi connectivity index (χ3n) is 4.45. The van der Waals surface area contributed by atoms with E-state index in [1.165, 1.54) is 11.8 Å². The lowest BCUT2D eigenvalue weighted by Gasteiger charge is -2.13. The minimum absolute atomic E-state index is 0.405. The molecule has 0 N–H and O–H groups in total. The van der Waals surface area contributed by atoms with Gasteiger partial charge in [-0.25, -0.2) is 4.79 Å². The first-order valence-electron chi connectivity index (χ1n) is 8.57. The summed E-state index contributed by atoms with van der Waals surface area (Å²) >= 11 is 1.48. The highest BCUT2D eigenvalue weighted by Crippen LogP contribution is 2.29. The fourth-order valence-electron chi connectivity index (χ4n) is 3.06. The topological polar surface area (TPSA) is 82.5 Å². The molecule has 0 spiro atoms. The van der Waals surface area contributed by atoms with E-state index in [1.807, 2.05) is 48.5 Å². The minimum Gasteiger partial charge on any atom is -0.497 e. The van der Waals surface area contributed by atoms with E-state index in [2.05, 4.69) is 15.3 Å². The third-order valence-corrected chi connectivity index (χ3v) is 5.38. The number of para-hydroxylation sites is 1. The molecule has 0 amide bonds. The van der Waals surface area contributed by atoms with Gasteiger partial charge in [-0.15, -0.1) is 10.2 Å². The molecule has 0 radical (unpaired) electrons. The van der Waals surface area contributed by atoms with Crippen LogP contribution in [0.15, 0.2) is 74.1 Å². The Morgan fingerprint density at radius 1 is 1.11 bits per heavy atom. The van der Waals surface area contributed by atoms with E-state index >= 15 is 0 Å². The molecule has 4 aromatic rings. The molecular formula is C20H14N4O3S. The maximum Gasteiger partial charge on any atom is 0.345 e. The Balaban J connectivity index is 1.64. The number of fused-ring (bicyclic) bond motifs is 2. The summed E-state index contributed by atoms with van der Waals surface area (Å²) in [4.78, 5) is 12.5. The van der Waals surface area contributed by atoms with Crippen molar-refractivity contribution in [2.45, 2.75) is 5.16 Å². The molecule has 1 aliphatic heterocycles. The van der Waals surface area contributed by atoms with E-state index < -0.39 is 5.63 Å². The zero-order valence-corrected chi connectivity index (χ0v) is 15.6. The second kappa shape index (κ2) is 6.65. The molecule has 138 valence electrons. The molecule has 2 aromatic carbocycles. The van der Waals surface area contributed by atoms with Gasteiger partial charge in [-0.05, 0) is 24.3 Å². The van der Waals surface area contributed by atoms with Crippen LogP contribution in [0.4, 0.5) is 0 Å². The molecule has 0 aliphatic carbocycles. The Labute approximate surface area is 163 Å². The molecule has 0 saturated heterocycles.